The molecule has 1 aromatic heterocycles. The number of carbonyl (C=O) groups excluding carboxylic acids is 3. The number of hydrogen-bond acceptors (Lipinski definition) is 4. The number of para-hydroxylation sites is 2. The molecule has 4 amide bonds. The third-order valence-electron chi connectivity index (χ3n) is 6.28. The minimum Gasteiger partial charge on any atom is -0.340 e. The normalized spacial score (nSPS) is 27.7. The van der Waals surface area contributed by atoms with Crippen molar-refractivity contribution in [1.29, 1.82) is 0 Å². The number of urea groups is 1. The predicted octanol–water partition coefficient (Wildman–Crippen LogP) is 1.95. The van der Waals surface area contributed by atoms with Crippen molar-refractivity contribution in [3.05, 3.63) is 30.1 Å². The molecule has 8 heteroatoms. The number of hydrogen-bond donors (Lipinski definition) is 2. The van der Waals surface area contributed by atoms with Crippen molar-refractivity contribution in [3.63, 3.8) is 0 Å². The second kappa shape index (κ2) is 6.05. The molecule has 2 aromatic rings. The number of aromatic amines is 1. The summed E-state index contributed by atoms with van der Waals surface area (Å²) in [7, 11) is 0. The Morgan fingerprint density at radius 3 is 2.79 bits per heavy atom. The first-order chi connectivity index (χ1) is 13.5. The molecular weight excluding hydrogens is 358 g/mol. The lowest BCUT2D eigenvalue weighted by Gasteiger charge is -2.25. The number of H-pyrrole nitrogens is 1. The number of nitrogens with zero attached hydrogens (tertiary/aromatic N) is 3. The molecule has 2 atom stereocenters. The van der Waals surface area contributed by atoms with Crippen LogP contribution in [-0.2, 0) is 9.59 Å². The molecule has 2 unspecified atom stereocenters. The molecule has 0 bridgehead atoms. The van der Waals surface area contributed by atoms with Gasteiger partial charge in [0.1, 0.15) is 17.9 Å². The van der Waals surface area contributed by atoms with Crippen LogP contribution in [0.2, 0.25) is 0 Å². The standard InChI is InChI=1S/C20H23N5O3/c1-20(12-8-9-12)18(27)25(19(28)23-20)11-16(26)24-10-4-7-15(24)17-21-13-5-2-3-6-14(13)22-17/h2-3,5-6,12,15H,4,7-11H2,1H3,(H,21,22)(H,23,28). The Kier molecular flexibility index (Phi) is 3.72. The van der Waals surface area contributed by atoms with Crippen molar-refractivity contribution < 1.29 is 14.4 Å². The van der Waals surface area contributed by atoms with E-state index in [2.05, 4.69) is 15.3 Å². The van der Waals surface area contributed by atoms with Crippen LogP contribution in [0.25, 0.3) is 11.0 Å². The number of fused-ring (bicyclic) bond motifs is 1. The van der Waals surface area contributed by atoms with Crippen LogP contribution in [0.15, 0.2) is 24.3 Å². The van der Waals surface area contributed by atoms with E-state index >= 15 is 0 Å². The Morgan fingerprint density at radius 2 is 2.04 bits per heavy atom. The first-order valence-electron chi connectivity index (χ1n) is 9.85. The van der Waals surface area contributed by atoms with Crippen LogP contribution < -0.4 is 5.32 Å². The van der Waals surface area contributed by atoms with Crippen molar-refractivity contribution >= 4 is 28.9 Å². The number of nitrogens with one attached hydrogen (secondary N) is 2. The van der Waals surface area contributed by atoms with Crippen LogP contribution in [0, 0.1) is 5.92 Å². The lowest BCUT2D eigenvalue weighted by Crippen LogP contribution is -2.47. The maximum absolute atomic E-state index is 13.0. The summed E-state index contributed by atoms with van der Waals surface area (Å²) in [4.78, 5) is 48.9. The molecule has 3 fully saturated rings. The van der Waals surface area contributed by atoms with E-state index in [1.807, 2.05) is 24.3 Å². The Bertz CT molecular complexity index is 948. The van der Waals surface area contributed by atoms with Gasteiger partial charge in [0.05, 0.1) is 17.1 Å². The van der Waals surface area contributed by atoms with E-state index in [1.165, 1.54) is 0 Å². The van der Waals surface area contributed by atoms with Gasteiger partial charge in [0.25, 0.3) is 5.91 Å². The van der Waals surface area contributed by atoms with Crippen molar-refractivity contribution in [2.75, 3.05) is 13.1 Å². The molecule has 2 aliphatic heterocycles. The van der Waals surface area contributed by atoms with Gasteiger partial charge in [0.2, 0.25) is 5.91 Å². The van der Waals surface area contributed by atoms with E-state index in [-0.39, 0.29) is 30.3 Å². The summed E-state index contributed by atoms with van der Waals surface area (Å²) in [6.07, 6.45) is 3.55. The summed E-state index contributed by atoms with van der Waals surface area (Å²) < 4.78 is 0. The van der Waals surface area contributed by atoms with E-state index in [1.54, 1.807) is 11.8 Å². The zero-order chi connectivity index (χ0) is 19.5. The third-order valence-corrected chi connectivity index (χ3v) is 6.28. The Hall–Kier alpha value is -2.90. The summed E-state index contributed by atoms with van der Waals surface area (Å²) in [6.45, 7) is 2.15. The lowest BCUT2D eigenvalue weighted by atomic mass is 9.96. The van der Waals surface area contributed by atoms with Gasteiger partial charge in [0, 0.05) is 6.54 Å². The average Bonchev–Trinajstić information content (AvgIpc) is 3.20. The van der Waals surface area contributed by atoms with Gasteiger partial charge in [-0.2, -0.15) is 0 Å². The van der Waals surface area contributed by atoms with Crippen molar-refractivity contribution in [2.45, 2.75) is 44.2 Å². The van der Waals surface area contributed by atoms with E-state index < -0.39 is 11.6 Å². The summed E-state index contributed by atoms with van der Waals surface area (Å²) in [6, 6.07) is 7.14. The van der Waals surface area contributed by atoms with Crippen molar-refractivity contribution in [1.82, 2.24) is 25.1 Å². The summed E-state index contributed by atoms with van der Waals surface area (Å²) in [5.74, 6) is 0.436. The van der Waals surface area contributed by atoms with Gasteiger partial charge in [-0.05, 0) is 50.7 Å². The molecule has 2 N–H and O–H groups in total. The maximum atomic E-state index is 13.0. The second-order valence-electron chi connectivity index (χ2n) is 8.18. The number of likely N-dealkylation sites (tertiary alicyclic amines) is 1. The first kappa shape index (κ1) is 17.2. The van der Waals surface area contributed by atoms with Gasteiger partial charge in [-0.25, -0.2) is 9.78 Å². The van der Waals surface area contributed by atoms with Gasteiger partial charge in [-0.1, -0.05) is 12.1 Å². The SMILES string of the molecule is CC1(C2CC2)NC(=O)N(CC(=O)N2CCCC2c2nc3ccccc3[nH]2)C1=O. The number of imidazole rings is 1. The van der Waals surface area contributed by atoms with Crippen LogP contribution in [0.3, 0.4) is 0 Å². The fourth-order valence-electron chi connectivity index (χ4n) is 4.50. The molecule has 28 heavy (non-hydrogen) atoms. The topological polar surface area (TPSA) is 98.4 Å². The number of imide groups is 1. The molecule has 3 aliphatic rings. The summed E-state index contributed by atoms with van der Waals surface area (Å²) in [5, 5.41) is 2.80. The average molecular weight is 381 g/mol. The van der Waals surface area contributed by atoms with Crippen molar-refractivity contribution in [2.24, 2.45) is 5.92 Å². The largest absolute Gasteiger partial charge is 0.340 e. The quantitative estimate of drug-likeness (QED) is 0.791. The van der Waals surface area contributed by atoms with Crippen molar-refractivity contribution in [3.8, 4) is 0 Å². The highest BCUT2D eigenvalue weighted by molar-refractivity contribution is 6.09. The molecule has 1 aromatic carbocycles. The number of amides is 4. The number of aromatic nitrogens is 2. The first-order valence-corrected chi connectivity index (χ1v) is 9.85. The molecule has 5 rings (SSSR count). The Morgan fingerprint density at radius 1 is 1.25 bits per heavy atom. The monoisotopic (exact) mass is 381 g/mol. The predicted molar refractivity (Wildman–Crippen MR) is 101 cm³/mol. The van der Waals surface area contributed by atoms with Gasteiger partial charge in [0.15, 0.2) is 0 Å². The highest BCUT2D eigenvalue weighted by Crippen LogP contribution is 2.42. The van der Waals surface area contributed by atoms with E-state index in [0.717, 1.165) is 47.4 Å². The summed E-state index contributed by atoms with van der Waals surface area (Å²) >= 11 is 0. The molecule has 2 saturated heterocycles. The second-order valence-corrected chi connectivity index (χ2v) is 8.18. The molecular formula is C20H23N5O3. The summed E-state index contributed by atoms with van der Waals surface area (Å²) in [5.41, 5.74) is 0.942. The minimum absolute atomic E-state index is 0.157. The molecule has 1 aliphatic carbocycles. The minimum atomic E-state index is -0.861. The van der Waals surface area contributed by atoms with Gasteiger partial charge in [-0.3, -0.25) is 14.5 Å². The van der Waals surface area contributed by atoms with Crippen LogP contribution >= 0.6 is 0 Å². The van der Waals surface area contributed by atoms with E-state index in [0.29, 0.717) is 6.54 Å². The molecule has 3 heterocycles. The molecule has 8 nitrogen and oxygen atoms in total. The number of benzene rings is 1. The van der Waals surface area contributed by atoms with Crippen LogP contribution in [-0.4, -0.2) is 56.2 Å². The molecule has 0 spiro atoms. The number of rotatable bonds is 4. The van der Waals surface area contributed by atoms with Crippen LogP contribution in [0.1, 0.15) is 44.5 Å². The van der Waals surface area contributed by atoms with E-state index in [9.17, 15) is 14.4 Å². The fourth-order valence-corrected chi connectivity index (χ4v) is 4.50. The maximum Gasteiger partial charge on any atom is 0.325 e. The highest BCUT2D eigenvalue weighted by atomic mass is 16.2. The smallest absolute Gasteiger partial charge is 0.325 e. The third kappa shape index (κ3) is 2.58. The van der Waals surface area contributed by atoms with Gasteiger partial charge < -0.3 is 15.2 Å². The van der Waals surface area contributed by atoms with Crippen LogP contribution in [0.4, 0.5) is 4.79 Å². The molecule has 1 saturated carbocycles. The molecule has 0 radical (unpaired) electrons. The zero-order valence-electron chi connectivity index (χ0n) is 15.8. The fraction of sp³-hybridized carbons (Fsp3) is 0.500. The Balaban J connectivity index is 1.34. The Labute approximate surface area is 162 Å². The highest BCUT2D eigenvalue weighted by Gasteiger charge is 2.56. The molecule has 146 valence electrons. The van der Waals surface area contributed by atoms with Gasteiger partial charge in [-0.15, -0.1) is 0 Å². The lowest BCUT2D eigenvalue weighted by molar-refractivity contribution is -0.139. The van der Waals surface area contributed by atoms with Gasteiger partial charge >= 0.3 is 6.03 Å². The number of carbonyl (C=O) groups is 3. The van der Waals surface area contributed by atoms with Crippen LogP contribution in [0.5, 0.6) is 0 Å². The zero-order valence-corrected chi connectivity index (χ0v) is 15.8. The van der Waals surface area contributed by atoms with E-state index in [4.69, 9.17) is 0 Å².